The highest BCUT2D eigenvalue weighted by Crippen LogP contribution is 2.29. The second-order valence-electron chi connectivity index (χ2n) is 6.67. The van der Waals surface area contributed by atoms with Gasteiger partial charge in [-0.2, -0.15) is 0 Å². The van der Waals surface area contributed by atoms with E-state index in [9.17, 15) is 9.90 Å². The van der Waals surface area contributed by atoms with Gasteiger partial charge in [0.25, 0.3) is 5.91 Å². The number of carbonyl (C=O) groups excluding carboxylic acids is 1. The number of aliphatic hydroxyl groups is 1. The predicted molar refractivity (Wildman–Crippen MR) is 124 cm³/mol. The molecule has 3 N–H and O–H groups in total. The van der Waals surface area contributed by atoms with Crippen LogP contribution in [0.5, 0.6) is 5.75 Å². The van der Waals surface area contributed by atoms with E-state index in [0.29, 0.717) is 22.8 Å². The molecule has 0 aliphatic rings. The van der Waals surface area contributed by atoms with Crippen molar-refractivity contribution in [2.24, 2.45) is 0 Å². The van der Waals surface area contributed by atoms with Crippen molar-refractivity contribution in [3.8, 4) is 17.1 Å². The fourth-order valence-electron chi connectivity index (χ4n) is 3.02. The summed E-state index contributed by atoms with van der Waals surface area (Å²) in [4.78, 5) is 12.8. The third-order valence-corrected chi connectivity index (χ3v) is 5.16. The SMILES string of the molecule is COc1c(C)cc(Br)cc1C(=O)NC(=S)Nc1cc(-c2ccc(CO)o2)ccc1C. The summed E-state index contributed by atoms with van der Waals surface area (Å²) in [5.74, 6) is 1.24. The average Bonchev–Trinajstić information content (AvgIpc) is 3.18. The van der Waals surface area contributed by atoms with Crippen LogP contribution in [0, 0.1) is 13.8 Å². The number of aryl methyl sites for hydroxylation is 2. The van der Waals surface area contributed by atoms with Gasteiger partial charge in [0.05, 0.1) is 12.7 Å². The fourth-order valence-corrected chi connectivity index (χ4v) is 3.80. The molecule has 0 spiro atoms. The van der Waals surface area contributed by atoms with E-state index in [1.807, 2.05) is 38.1 Å². The van der Waals surface area contributed by atoms with Crippen LogP contribution in [-0.2, 0) is 6.61 Å². The van der Waals surface area contributed by atoms with Gasteiger partial charge < -0.3 is 19.6 Å². The molecular weight excluding hydrogens is 468 g/mol. The molecule has 0 atom stereocenters. The van der Waals surface area contributed by atoms with Gasteiger partial charge in [0.2, 0.25) is 0 Å². The lowest BCUT2D eigenvalue weighted by Gasteiger charge is -2.15. The van der Waals surface area contributed by atoms with Crippen molar-refractivity contribution < 1.29 is 19.1 Å². The summed E-state index contributed by atoms with van der Waals surface area (Å²) in [6.45, 7) is 3.63. The van der Waals surface area contributed by atoms with Crippen LogP contribution in [0.1, 0.15) is 27.2 Å². The van der Waals surface area contributed by atoms with Gasteiger partial charge in [-0.15, -0.1) is 0 Å². The monoisotopic (exact) mass is 488 g/mol. The van der Waals surface area contributed by atoms with E-state index in [-0.39, 0.29) is 17.6 Å². The number of rotatable bonds is 5. The molecule has 1 aromatic heterocycles. The maximum atomic E-state index is 12.8. The highest BCUT2D eigenvalue weighted by atomic mass is 79.9. The summed E-state index contributed by atoms with van der Waals surface area (Å²) < 4.78 is 11.7. The van der Waals surface area contributed by atoms with Gasteiger partial charge in [-0.1, -0.05) is 28.1 Å². The Kier molecular flexibility index (Phi) is 6.91. The number of methoxy groups -OCH3 is 1. The number of amides is 1. The minimum absolute atomic E-state index is 0.161. The summed E-state index contributed by atoms with van der Waals surface area (Å²) in [6.07, 6.45) is 0. The fraction of sp³-hybridized carbons (Fsp3) is 0.182. The lowest BCUT2D eigenvalue weighted by atomic mass is 10.1. The highest BCUT2D eigenvalue weighted by Gasteiger charge is 2.17. The first kappa shape index (κ1) is 22.0. The average molecular weight is 489 g/mol. The number of thiocarbonyl (C=S) groups is 1. The number of nitrogens with one attached hydrogen (secondary N) is 2. The largest absolute Gasteiger partial charge is 0.496 e. The van der Waals surface area contributed by atoms with Crippen LogP contribution in [0.4, 0.5) is 5.69 Å². The number of aliphatic hydroxyl groups excluding tert-OH is 1. The van der Waals surface area contributed by atoms with Crippen molar-refractivity contribution in [2.75, 3.05) is 12.4 Å². The highest BCUT2D eigenvalue weighted by molar-refractivity contribution is 9.10. The molecule has 1 amide bonds. The molecule has 1 heterocycles. The topological polar surface area (TPSA) is 83.7 Å². The van der Waals surface area contributed by atoms with Crippen LogP contribution in [-0.4, -0.2) is 23.2 Å². The molecular formula is C22H21BrN2O4S. The van der Waals surface area contributed by atoms with Crippen LogP contribution < -0.4 is 15.4 Å². The second kappa shape index (κ2) is 9.42. The van der Waals surface area contributed by atoms with Crippen LogP contribution in [0.3, 0.4) is 0 Å². The van der Waals surface area contributed by atoms with Gasteiger partial charge in [-0.3, -0.25) is 10.1 Å². The number of benzene rings is 2. The summed E-state index contributed by atoms with van der Waals surface area (Å²) in [7, 11) is 1.52. The maximum Gasteiger partial charge on any atom is 0.261 e. The number of ether oxygens (including phenoxy) is 1. The molecule has 0 radical (unpaired) electrons. The lowest BCUT2D eigenvalue weighted by Crippen LogP contribution is -2.34. The molecule has 8 heteroatoms. The van der Waals surface area contributed by atoms with Crippen molar-refractivity contribution in [2.45, 2.75) is 20.5 Å². The third kappa shape index (κ3) is 4.89. The standard InChI is InChI=1S/C22H21BrN2O4S/c1-12-4-5-14(19-7-6-16(11-26)29-19)9-18(12)24-22(30)25-21(27)17-10-15(23)8-13(2)20(17)28-3/h4-10,26H,11H2,1-3H3,(H2,24,25,27,30). The molecule has 0 saturated heterocycles. The summed E-state index contributed by atoms with van der Waals surface area (Å²) >= 11 is 8.75. The van der Waals surface area contributed by atoms with E-state index in [1.54, 1.807) is 18.2 Å². The molecule has 0 fully saturated rings. The van der Waals surface area contributed by atoms with Crippen molar-refractivity contribution in [1.82, 2.24) is 5.32 Å². The molecule has 0 unspecified atom stereocenters. The first-order chi connectivity index (χ1) is 14.3. The number of halogens is 1. The first-order valence-corrected chi connectivity index (χ1v) is 10.3. The molecule has 3 rings (SSSR count). The summed E-state index contributed by atoms with van der Waals surface area (Å²) in [5, 5.41) is 15.1. The van der Waals surface area contributed by atoms with Crippen LogP contribution in [0.2, 0.25) is 0 Å². The molecule has 6 nitrogen and oxygen atoms in total. The summed E-state index contributed by atoms with van der Waals surface area (Å²) in [5.41, 5.74) is 3.71. The molecule has 0 aliphatic heterocycles. The zero-order valence-electron chi connectivity index (χ0n) is 16.7. The number of hydrogen-bond donors (Lipinski definition) is 3. The van der Waals surface area contributed by atoms with Gasteiger partial charge >= 0.3 is 0 Å². The van der Waals surface area contributed by atoms with E-state index in [2.05, 4.69) is 26.6 Å². The maximum absolute atomic E-state index is 12.8. The van der Waals surface area contributed by atoms with Crippen molar-refractivity contribution in [1.29, 1.82) is 0 Å². The minimum Gasteiger partial charge on any atom is -0.496 e. The predicted octanol–water partition coefficient (Wildman–Crippen LogP) is 4.95. The second-order valence-corrected chi connectivity index (χ2v) is 7.99. The van der Waals surface area contributed by atoms with Crippen molar-refractivity contribution in [3.63, 3.8) is 0 Å². The van der Waals surface area contributed by atoms with Gasteiger partial charge in [0, 0.05) is 15.7 Å². The van der Waals surface area contributed by atoms with E-state index in [0.717, 1.165) is 26.9 Å². The Bertz CT molecular complexity index is 1110. The molecule has 2 aromatic carbocycles. The Hall–Kier alpha value is -2.68. The van der Waals surface area contributed by atoms with E-state index in [1.165, 1.54) is 7.11 Å². The Morgan fingerprint density at radius 2 is 1.93 bits per heavy atom. The minimum atomic E-state index is -0.374. The number of carbonyl (C=O) groups is 1. The van der Waals surface area contributed by atoms with E-state index in [4.69, 9.17) is 21.4 Å². The van der Waals surface area contributed by atoms with Crippen molar-refractivity contribution >= 4 is 44.9 Å². The summed E-state index contributed by atoms with van der Waals surface area (Å²) in [6, 6.07) is 12.8. The van der Waals surface area contributed by atoms with E-state index < -0.39 is 0 Å². The quantitative estimate of drug-likeness (QED) is 0.440. The lowest BCUT2D eigenvalue weighted by molar-refractivity contribution is 0.0974. The van der Waals surface area contributed by atoms with Gasteiger partial charge in [0.1, 0.15) is 23.9 Å². The Balaban J connectivity index is 1.78. The normalized spacial score (nSPS) is 10.6. The van der Waals surface area contributed by atoms with Gasteiger partial charge in [-0.25, -0.2) is 0 Å². The smallest absolute Gasteiger partial charge is 0.261 e. The van der Waals surface area contributed by atoms with Gasteiger partial charge in [-0.05, 0) is 67.5 Å². The third-order valence-electron chi connectivity index (χ3n) is 4.50. The Morgan fingerprint density at radius 3 is 2.60 bits per heavy atom. The van der Waals surface area contributed by atoms with Crippen LogP contribution in [0.15, 0.2) is 51.4 Å². The van der Waals surface area contributed by atoms with E-state index >= 15 is 0 Å². The molecule has 0 bridgehead atoms. The van der Waals surface area contributed by atoms with Crippen LogP contribution in [0.25, 0.3) is 11.3 Å². The number of anilines is 1. The van der Waals surface area contributed by atoms with Gasteiger partial charge in [0.15, 0.2) is 5.11 Å². The Morgan fingerprint density at radius 1 is 1.17 bits per heavy atom. The first-order valence-electron chi connectivity index (χ1n) is 9.09. The molecule has 156 valence electrons. The van der Waals surface area contributed by atoms with Crippen molar-refractivity contribution in [3.05, 3.63) is 69.4 Å². The molecule has 30 heavy (non-hydrogen) atoms. The zero-order valence-corrected chi connectivity index (χ0v) is 19.1. The number of furan rings is 1. The molecule has 0 saturated carbocycles. The van der Waals surface area contributed by atoms with Crippen LogP contribution >= 0.6 is 28.1 Å². The Labute approximate surface area is 188 Å². The molecule has 0 aliphatic carbocycles. The molecule has 3 aromatic rings. The number of hydrogen-bond acceptors (Lipinski definition) is 5. The zero-order chi connectivity index (χ0) is 21.8.